The molecule has 0 N–H and O–H groups in total. The number of anilines is 1. The Morgan fingerprint density at radius 2 is 1.70 bits per heavy atom. The monoisotopic (exact) mass is 472 g/mol. The highest BCUT2D eigenvalue weighted by atomic mass is 32.2. The number of fused-ring (bicyclic) bond motifs is 1. The molecule has 2 aliphatic rings. The highest BCUT2D eigenvalue weighted by Crippen LogP contribution is 2.42. The van der Waals surface area contributed by atoms with Crippen molar-refractivity contribution in [2.45, 2.75) is 37.0 Å². The summed E-state index contributed by atoms with van der Waals surface area (Å²) in [7, 11) is -3.36. The average Bonchev–Trinajstić information content (AvgIpc) is 2.97. The fourth-order valence-corrected chi connectivity index (χ4v) is 5.42. The standard InChI is InChI=1S/C25H29FN2O4S/c1-25(2)21-16-20(33(3,31)32)8-9-22(21)28(24(25)30)15-14-27-12-10-18(11-13-27)23(29)17-4-6-19(26)7-5-17/h4-9,16,18H,10-15H2,1-3H3. The number of sulfone groups is 1. The molecule has 2 aromatic carbocycles. The van der Waals surface area contributed by atoms with Crippen molar-refractivity contribution in [3.05, 3.63) is 59.4 Å². The highest BCUT2D eigenvalue weighted by molar-refractivity contribution is 7.90. The first-order chi connectivity index (χ1) is 15.5. The number of amides is 1. The van der Waals surface area contributed by atoms with Gasteiger partial charge in [0.2, 0.25) is 5.91 Å². The van der Waals surface area contributed by atoms with Gasteiger partial charge >= 0.3 is 0 Å². The minimum atomic E-state index is -3.36. The van der Waals surface area contributed by atoms with E-state index in [0.717, 1.165) is 37.2 Å². The molecule has 4 rings (SSSR count). The molecule has 1 fully saturated rings. The van der Waals surface area contributed by atoms with E-state index < -0.39 is 15.3 Å². The number of hydrogen-bond donors (Lipinski definition) is 0. The van der Waals surface area contributed by atoms with Crippen molar-refractivity contribution in [1.29, 1.82) is 0 Å². The molecule has 8 heteroatoms. The molecule has 176 valence electrons. The zero-order chi connectivity index (χ0) is 24.0. The van der Waals surface area contributed by atoms with Gasteiger partial charge in [-0.25, -0.2) is 12.8 Å². The lowest BCUT2D eigenvalue weighted by Crippen LogP contribution is -2.43. The molecule has 2 aliphatic heterocycles. The van der Waals surface area contributed by atoms with Gasteiger partial charge in [-0.15, -0.1) is 0 Å². The number of ketones is 1. The van der Waals surface area contributed by atoms with Crippen LogP contribution in [0.15, 0.2) is 47.4 Å². The van der Waals surface area contributed by atoms with Crippen LogP contribution in [0.2, 0.25) is 0 Å². The van der Waals surface area contributed by atoms with E-state index in [9.17, 15) is 22.4 Å². The third-order valence-electron chi connectivity index (χ3n) is 6.87. The summed E-state index contributed by atoms with van der Waals surface area (Å²) in [6.45, 7) is 6.34. The highest BCUT2D eigenvalue weighted by Gasteiger charge is 2.44. The molecular weight excluding hydrogens is 443 g/mol. The summed E-state index contributed by atoms with van der Waals surface area (Å²) in [6.07, 6.45) is 2.62. The van der Waals surface area contributed by atoms with Gasteiger partial charge in [0, 0.05) is 36.5 Å². The van der Waals surface area contributed by atoms with Crippen LogP contribution in [-0.4, -0.2) is 57.4 Å². The molecule has 0 unspecified atom stereocenters. The predicted octanol–water partition coefficient (Wildman–Crippen LogP) is 3.45. The maximum absolute atomic E-state index is 13.1. The smallest absolute Gasteiger partial charge is 0.237 e. The summed E-state index contributed by atoms with van der Waals surface area (Å²) in [5.41, 5.74) is 1.26. The van der Waals surface area contributed by atoms with Crippen molar-refractivity contribution < 1.29 is 22.4 Å². The Hall–Kier alpha value is -2.58. The van der Waals surface area contributed by atoms with Gasteiger partial charge in [-0.1, -0.05) is 0 Å². The number of carbonyl (C=O) groups excluding carboxylic acids is 2. The lowest BCUT2D eigenvalue weighted by Gasteiger charge is -2.32. The Bertz CT molecular complexity index is 1180. The molecule has 6 nitrogen and oxygen atoms in total. The fraction of sp³-hybridized carbons (Fsp3) is 0.440. The van der Waals surface area contributed by atoms with Gasteiger partial charge in [0.25, 0.3) is 0 Å². The third-order valence-corrected chi connectivity index (χ3v) is 7.98. The van der Waals surface area contributed by atoms with Gasteiger partial charge in [0.15, 0.2) is 15.6 Å². The number of benzene rings is 2. The van der Waals surface area contributed by atoms with Crippen molar-refractivity contribution in [3.63, 3.8) is 0 Å². The van der Waals surface area contributed by atoms with E-state index in [4.69, 9.17) is 0 Å². The number of rotatable bonds is 6. The van der Waals surface area contributed by atoms with Crippen LogP contribution >= 0.6 is 0 Å². The summed E-state index contributed by atoms with van der Waals surface area (Å²) in [5, 5.41) is 0. The van der Waals surface area contributed by atoms with E-state index in [1.54, 1.807) is 23.1 Å². The zero-order valence-corrected chi connectivity index (χ0v) is 20.0. The fourth-order valence-electron chi connectivity index (χ4n) is 4.78. The predicted molar refractivity (Wildman–Crippen MR) is 125 cm³/mol. The van der Waals surface area contributed by atoms with E-state index in [1.807, 2.05) is 13.8 Å². The van der Waals surface area contributed by atoms with Crippen molar-refractivity contribution in [2.75, 3.05) is 37.3 Å². The van der Waals surface area contributed by atoms with Crippen LogP contribution in [0.1, 0.15) is 42.6 Å². The minimum Gasteiger partial charge on any atom is -0.310 e. The SMILES string of the molecule is CC1(C)C(=O)N(CCN2CCC(C(=O)c3ccc(F)cc3)CC2)c2ccc(S(C)(=O)=O)cc21. The van der Waals surface area contributed by atoms with Crippen molar-refractivity contribution in [1.82, 2.24) is 4.90 Å². The molecule has 0 spiro atoms. The zero-order valence-electron chi connectivity index (χ0n) is 19.2. The molecule has 0 atom stereocenters. The molecule has 0 aliphatic carbocycles. The lowest BCUT2D eigenvalue weighted by molar-refractivity contribution is -0.122. The Morgan fingerprint density at radius 1 is 1.06 bits per heavy atom. The Morgan fingerprint density at radius 3 is 2.30 bits per heavy atom. The van der Waals surface area contributed by atoms with E-state index in [0.29, 0.717) is 18.7 Å². The van der Waals surface area contributed by atoms with Crippen LogP contribution in [0.3, 0.4) is 0 Å². The van der Waals surface area contributed by atoms with Crippen molar-refractivity contribution in [3.8, 4) is 0 Å². The first-order valence-electron chi connectivity index (χ1n) is 11.2. The quantitative estimate of drug-likeness (QED) is 0.602. The normalized spacial score (nSPS) is 19.0. The number of Topliss-reactive ketones (excluding diaryl/α,β-unsaturated/α-hetero) is 1. The molecule has 0 aromatic heterocycles. The maximum Gasteiger partial charge on any atom is 0.237 e. The lowest BCUT2D eigenvalue weighted by atomic mass is 9.86. The van der Waals surface area contributed by atoms with E-state index in [1.165, 1.54) is 30.5 Å². The summed E-state index contributed by atoms with van der Waals surface area (Å²) >= 11 is 0. The van der Waals surface area contributed by atoms with E-state index in [2.05, 4.69) is 4.90 Å². The number of halogens is 1. The maximum atomic E-state index is 13.1. The molecule has 0 saturated carbocycles. The summed E-state index contributed by atoms with van der Waals surface area (Å²) in [6, 6.07) is 10.6. The largest absolute Gasteiger partial charge is 0.310 e. The van der Waals surface area contributed by atoms with Gasteiger partial charge in [-0.3, -0.25) is 9.59 Å². The molecule has 0 bridgehead atoms. The Labute approximate surface area is 194 Å². The van der Waals surface area contributed by atoms with Crippen molar-refractivity contribution in [2.24, 2.45) is 5.92 Å². The van der Waals surface area contributed by atoms with Crippen LogP contribution in [0.25, 0.3) is 0 Å². The van der Waals surface area contributed by atoms with Crippen LogP contribution in [0, 0.1) is 11.7 Å². The molecule has 1 amide bonds. The summed E-state index contributed by atoms with van der Waals surface area (Å²) < 4.78 is 37.1. The summed E-state index contributed by atoms with van der Waals surface area (Å²) in [5.74, 6) is -0.407. The molecule has 2 aromatic rings. The van der Waals surface area contributed by atoms with Crippen molar-refractivity contribution >= 4 is 27.2 Å². The van der Waals surface area contributed by atoms with E-state index >= 15 is 0 Å². The van der Waals surface area contributed by atoms with E-state index in [-0.39, 0.29) is 28.3 Å². The molecule has 33 heavy (non-hydrogen) atoms. The van der Waals surface area contributed by atoms with Crippen LogP contribution in [0.5, 0.6) is 0 Å². The molecule has 1 saturated heterocycles. The van der Waals surface area contributed by atoms with Gasteiger partial charge in [-0.05, 0) is 87.8 Å². The van der Waals surface area contributed by atoms with Crippen LogP contribution < -0.4 is 4.90 Å². The Balaban J connectivity index is 1.39. The minimum absolute atomic E-state index is 0.0375. The second kappa shape index (κ2) is 8.65. The topological polar surface area (TPSA) is 74.8 Å². The van der Waals surface area contributed by atoms with Crippen LogP contribution in [-0.2, 0) is 20.0 Å². The number of carbonyl (C=O) groups is 2. The number of nitrogens with zero attached hydrogens (tertiary/aromatic N) is 2. The molecular formula is C25H29FN2O4S. The van der Waals surface area contributed by atoms with Gasteiger partial charge in [0.05, 0.1) is 10.3 Å². The first kappa shape index (κ1) is 23.6. The average molecular weight is 473 g/mol. The first-order valence-corrected chi connectivity index (χ1v) is 13.1. The van der Waals surface area contributed by atoms with Gasteiger partial charge in [0.1, 0.15) is 5.82 Å². The number of piperidine rings is 1. The Kier molecular flexibility index (Phi) is 6.18. The molecule has 0 radical (unpaired) electrons. The second-order valence-corrected chi connectivity index (χ2v) is 11.5. The third kappa shape index (κ3) is 4.59. The second-order valence-electron chi connectivity index (χ2n) is 9.52. The number of likely N-dealkylation sites (tertiary alicyclic amines) is 1. The van der Waals surface area contributed by atoms with Gasteiger partial charge in [-0.2, -0.15) is 0 Å². The number of hydrogen-bond acceptors (Lipinski definition) is 5. The van der Waals surface area contributed by atoms with Gasteiger partial charge < -0.3 is 9.80 Å². The van der Waals surface area contributed by atoms with Crippen LogP contribution in [0.4, 0.5) is 10.1 Å². The molecule has 2 heterocycles. The summed E-state index contributed by atoms with van der Waals surface area (Å²) in [4.78, 5) is 30.0.